The van der Waals surface area contributed by atoms with Gasteiger partial charge in [0, 0.05) is 0 Å². The van der Waals surface area contributed by atoms with Crippen LogP contribution in [0.15, 0.2) is 0 Å². The molecule has 0 saturated carbocycles. The van der Waals surface area contributed by atoms with Crippen molar-refractivity contribution in [2.24, 2.45) is 16.2 Å². The first-order valence-corrected chi connectivity index (χ1v) is 6.65. The Bertz CT molecular complexity index is 281. The summed E-state index contributed by atoms with van der Waals surface area (Å²) >= 11 is 0. The highest BCUT2D eigenvalue weighted by Gasteiger charge is 2.47. The molecule has 2 atom stereocenters. The van der Waals surface area contributed by atoms with E-state index in [1.54, 1.807) is 6.92 Å². The molecule has 2 unspecified atom stereocenters. The topological polar surface area (TPSA) is 46.5 Å². The van der Waals surface area contributed by atoms with E-state index in [0.717, 1.165) is 6.42 Å². The third-order valence-corrected chi connectivity index (χ3v) is 3.45. The zero-order valence-corrected chi connectivity index (χ0v) is 13.3. The number of rotatable bonds is 4. The Morgan fingerprint density at radius 2 is 1.56 bits per heavy atom. The molecule has 0 saturated heterocycles. The Labute approximate surface area is 112 Å². The van der Waals surface area contributed by atoms with Crippen molar-refractivity contribution in [1.82, 2.24) is 0 Å². The standard InChI is InChI=1S/C15H30O3/c1-11(16)9-18-12(17)15(8,14(5,6)7)10-13(2,3)4/h11,16H,9-10H2,1-8H3. The van der Waals surface area contributed by atoms with Gasteiger partial charge in [0.05, 0.1) is 11.5 Å². The van der Waals surface area contributed by atoms with Gasteiger partial charge in [-0.15, -0.1) is 0 Å². The Morgan fingerprint density at radius 3 is 1.83 bits per heavy atom. The summed E-state index contributed by atoms with van der Waals surface area (Å²) in [5.41, 5.74) is -0.692. The number of ether oxygens (including phenoxy) is 1. The average molecular weight is 258 g/mol. The van der Waals surface area contributed by atoms with E-state index in [9.17, 15) is 9.90 Å². The number of aliphatic hydroxyl groups is 1. The van der Waals surface area contributed by atoms with Crippen molar-refractivity contribution in [3.63, 3.8) is 0 Å². The molecule has 18 heavy (non-hydrogen) atoms. The Hall–Kier alpha value is -0.570. The zero-order valence-electron chi connectivity index (χ0n) is 13.3. The molecule has 0 aromatic rings. The maximum absolute atomic E-state index is 12.4. The molecule has 0 bridgehead atoms. The summed E-state index contributed by atoms with van der Waals surface area (Å²) in [6.07, 6.45) is 0.134. The van der Waals surface area contributed by atoms with Crippen LogP contribution in [0.4, 0.5) is 0 Å². The maximum Gasteiger partial charge on any atom is 0.312 e. The Kier molecular flexibility index (Phi) is 5.42. The van der Waals surface area contributed by atoms with Crippen molar-refractivity contribution in [2.45, 2.75) is 67.9 Å². The van der Waals surface area contributed by atoms with Crippen molar-refractivity contribution in [3.8, 4) is 0 Å². The first-order chi connectivity index (χ1) is 7.79. The zero-order chi connectivity index (χ0) is 14.8. The third kappa shape index (κ3) is 4.97. The predicted molar refractivity (Wildman–Crippen MR) is 74.3 cm³/mol. The van der Waals surface area contributed by atoms with Crippen LogP contribution in [0.3, 0.4) is 0 Å². The Morgan fingerprint density at radius 1 is 1.11 bits per heavy atom. The molecule has 0 aliphatic rings. The quantitative estimate of drug-likeness (QED) is 0.786. The van der Waals surface area contributed by atoms with Crippen LogP contribution in [0.25, 0.3) is 0 Å². The van der Waals surface area contributed by atoms with Crippen LogP contribution >= 0.6 is 0 Å². The predicted octanol–water partition coefficient (Wildman–Crippen LogP) is 3.40. The smallest absolute Gasteiger partial charge is 0.312 e. The number of carbonyl (C=O) groups is 1. The van der Waals surface area contributed by atoms with E-state index in [-0.39, 0.29) is 23.4 Å². The van der Waals surface area contributed by atoms with Crippen LogP contribution in [0.5, 0.6) is 0 Å². The van der Waals surface area contributed by atoms with Crippen LogP contribution in [0.2, 0.25) is 0 Å². The van der Waals surface area contributed by atoms with Crippen molar-refractivity contribution in [2.75, 3.05) is 6.61 Å². The molecular formula is C15H30O3. The van der Waals surface area contributed by atoms with Gasteiger partial charge in [0.1, 0.15) is 6.61 Å². The lowest BCUT2D eigenvalue weighted by Crippen LogP contribution is -2.44. The van der Waals surface area contributed by atoms with Gasteiger partial charge >= 0.3 is 5.97 Å². The molecule has 1 N–H and O–H groups in total. The van der Waals surface area contributed by atoms with Gasteiger partial charge in [-0.05, 0) is 31.1 Å². The minimum absolute atomic E-state index is 0.0475. The molecule has 0 heterocycles. The van der Waals surface area contributed by atoms with Gasteiger partial charge in [-0.3, -0.25) is 4.79 Å². The molecule has 0 aromatic heterocycles. The highest BCUT2D eigenvalue weighted by atomic mass is 16.5. The van der Waals surface area contributed by atoms with Gasteiger partial charge in [-0.25, -0.2) is 0 Å². The molecule has 0 aliphatic carbocycles. The van der Waals surface area contributed by atoms with Crippen LogP contribution in [-0.2, 0) is 9.53 Å². The summed E-state index contributed by atoms with van der Waals surface area (Å²) < 4.78 is 5.25. The number of aliphatic hydroxyl groups excluding tert-OH is 1. The lowest BCUT2D eigenvalue weighted by Gasteiger charge is -2.43. The SMILES string of the molecule is CC(O)COC(=O)C(C)(CC(C)(C)C)C(C)(C)C. The lowest BCUT2D eigenvalue weighted by molar-refractivity contribution is -0.167. The first kappa shape index (κ1) is 17.4. The first-order valence-electron chi connectivity index (χ1n) is 6.65. The maximum atomic E-state index is 12.4. The van der Waals surface area contributed by atoms with Gasteiger partial charge in [0.2, 0.25) is 0 Å². The second-order valence-corrected chi connectivity index (χ2v) is 7.77. The van der Waals surface area contributed by atoms with Gasteiger partial charge in [0.15, 0.2) is 0 Å². The van der Waals surface area contributed by atoms with E-state index in [4.69, 9.17) is 4.74 Å². The molecule has 0 aliphatic heterocycles. The molecule has 0 amide bonds. The molecule has 0 radical (unpaired) electrons. The Balaban J connectivity index is 5.06. The van der Waals surface area contributed by atoms with E-state index in [1.165, 1.54) is 0 Å². The summed E-state index contributed by atoms with van der Waals surface area (Å²) in [6.45, 7) is 16.2. The highest BCUT2D eigenvalue weighted by molar-refractivity contribution is 5.77. The van der Waals surface area contributed by atoms with Gasteiger partial charge in [-0.1, -0.05) is 41.5 Å². The van der Waals surface area contributed by atoms with Crippen molar-refractivity contribution in [1.29, 1.82) is 0 Å². The van der Waals surface area contributed by atoms with Gasteiger partial charge in [0.25, 0.3) is 0 Å². The highest BCUT2D eigenvalue weighted by Crippen LogP contribution is 2.47. The van der Waals surface area contributed by atoms with E-state index in [1.807, 2.05) is 6.92 Å². The van der Waals surface area contributed by atoms with Crippen LogP contribution in [-0.4, -0.2) is 23.8 Å². The third-order valence-electron chi connectivity index (χ3n) is 3.45. The number of esters is 1. The van der Waals surface area contributed by atoms with Gasteiger partial charge < -0.3 is 9.84 Å². The average Bonchev–Trinajstić information content (AvgIpc) is 2.09. The van der Waals surface area contributed by atoms with Crippen LogP contribution < -0.4 is 0 Å². The van der Waals surface area contributed by atoms with E-state index in [0.29, 0.717) is 0 Å². The fourth-order valence-corrected chi connectivity index (χ4v) is 2.06. The minimum atomic E-state index is -0.618. The summed E-state index contributed by atoms with van der Waals surface area (Å²) in [6, 6.07) is 0. The van der Waals surface area contributed by atoms with Crippen LogP contribution in [0, 0.1) is 16.2 Å². The molecule has 3 nitrogen and oxygen atoms in total. The minimum Gasteiger partial charge on any atom is -0.463 e. The fraction of sp³-hybridized carbons (Fsp3) is 0.933. The molecule has 108 valence electrons. The molecular weight excluding hydrogens is 228 g/mol. The molecule has 0 rings (SSSR count). The lowest BCUT2D eigenvalue weighted by atomic mass is 9.61. The van der Waals surface area contributed by atoms with E-state index in [2.05, 4.69) is 41.5 Å². The summed E-state index contributed by atoms with van der Waals surface area (Å²) in [5, 5.41) is 9.23. The molecule has 0 spiro atoms. The fourth-order valence-electron chi connectivity index (χ4n) is 2.06. The summed E-state index contributed by atoms with van der Waals surface area (Å²) in [4.78, 5) is 12.4. The number of carbonyl (C=O) groups excluding carboxylic acids is 1. The molecule has 3 heteroatoms. The summed E-state index contributed by atoms with van der Waals surface area (Å²) in [5.74, 6) is -0.217. The normalized spacial score (nSPS) is 18.1. The second kappa shape index (κ2) is 5.60. The number of hydrogen-bond donors (Lipinski definition) is 1. The van der Waals surface area contributed by atoms with Crippen molar-refractivity contribution >= 4 is 5.97 Å². The van der Waals surface area contributed by atoms with E-state index >= 15 is 0 Å². The largest absolute Gasteiger partial charge is 0.463 e. The monoisotopic (exact) mass is 258 g/mol. The van der Waals surface area contributed by atoms with Crippen molar-refractivity contribution in [3.05, 3.63) is 0 Å². The molecule has 0 aromatic carbocycles. The van der Waals surface area contributed by atoms with E-state index < -0.39 is 11.5 Å². The molecule has 0 fully saturated rings. The van der Waals surface area contributed by atoms with Crippen LogP contribution in [0.1, 0.15) is 61.8 Å². The second-order valence-electron chi connectivity index (χ2n) is 7.77. The summed E-state index contributed by atoms with van der Waals surface area (Å²) in [7, 11) is 0. The number of hydrogen-bond acceptors (Lipinski definition) is 3. The van der Waals surface area contributed by atoms with Crippen molar-refractivity contribution < 1.29 is 14.6 Å². The van der Waals surface area contributed by atoms with Gasteiger partial charge in [-0.2, -0.15) is 0 Å².